The predicted molar refractivity (Wildman–Crippen MR) is 188 cm³/mol. The third-order valence-corrected chi connectivity index (χ3v) is 13.7. The number of fused-ring (bicyclic) bond motifs is 5. The van der Waals surface area contributed by atoms with Gasteiger partial charge >= 0.3 is 0 Å². The standard InChI is InChI=1S/C42H76O/c1-32(2)19-14-15-20-33(3)37-21-18-22-38-36-24-23-34-31-35(25-28-41(34,7)39(36)26-29-42(37,38)8)43-30-17-13-11-9-10-12-16-27-40(4,5)6/h23,32-33,35-39H,9-22,24-31H2,1-8H3/t33?,35-,36?,37?,38?,39?,41?,42?/m0/s1. The van der Waals surface area contributed by atoms with Crippen LogP contribution in [0, 0.1) is 51.8 Å². The van der Waals surface area contributed by atoms with E-state index in [1.807, 2.05) is 0 Å². The Labute approximate surface area is 270 Å². The fraction of sp³-hybridized carbons (Fsp3) is 0.952. The summed E-state index contributed by atoms with van der Waals surface area (Å²) in [5.41, 5.74) is 3.35. The Morgan fingerprint density at radius 2 is 1.49 bits per heavy atom. The number of allylic oxidation sites excluding steroid dienone is 1. The smallest absolute Gasteiger partial charge is 0.0612 e. The average Bonchev–Trinajstić information content (AvgIpc) is 2.94. The highest BCUT2D eigenvalue weighted by molar-refractivity contribution is 5.25. The van der Waals surface area contributed by atoms with Crippen molar-refractivity contribution >= 4 is 0 Å². The van der Waals surface area contributed by atoms with E-state index in [1.54, 1.807) is 5.57 Å². The number of hydrogen-bond donors (Lipinski definition) is 0. The molecule has 0 amide bonds. The summed E-state index contributed by atoms with van der Waals surface area (Å²) in [5, 5.41) is 0. The minimum absolute atomic E-state index is 0.451. The van der Waals surface area contributed by atoms with Gasteiger partial charge in [-0.25, -0.2) is 0 Å². The Hall–Kier alpha value is -0.300. The van der Waals surface area contributed by atoms with Crippen LogP contribution in [0.1, 0.15) is 190 Å². The topological polar surface area (TPSA) is 9.23 Å². The highest BCUT2D eigenvalue weighted by atomic mass is 16.5. The third kappa shape index (κ3) is 9.38. The molecule has 0 heterocycles. The van der Waals surface area contributed by atoms with Crippen LogP contribution >= 0.6 is 0 Å². The summed E-state index contributed by atoms with van der Waals surface area (Å²) in [4.78, 5) is 0. The van der Waals surface area contributed by atoms with Gasteiger partial charge < -0.3 is 4.74 Å². The molecule has 250 valence electrons. The largest absolute Gasteiger partial charge is 0.378 e. The van der Waals surface area contributed by atoms with Crippen LogP contribution in [-0.2, 0) is 4.74 Å². The molecule has 43 heavy (non-hydrogen) atoms. The van der Waals surface area contributed by atoms with Crippen molar-refractivity contribution in [1.29, 1.82) is 0 Å². The van der Waals surface area contributed by atoms with Crippen LogP contribution in [0.4, 0.5) is 0 Å². The first-order chi connectivity index (χ1) is 20.4. The van der Waals surface area contributed by atoms with E-state index in [9.17, 15) is 0 Å². The zero-order chi connectivity index (χ0) is 31.1. The molecule has 0 aromatic heterocycles. The average molecular weight is 597 g/mol. The van der Waals surface area contributed by atoms with E-state index in [1.165, 1.54) is 135 Å². The van der Waals surface area contributed by atoms with Gasteiger partial charge in [0, 0.05) is 6.61 Å². The molecule has 1 nitrogen and oxygen atoms in total. The summed E-state index contributed by atoms with van der Waals surface area (Å²) in [6.45, 7) is 21.0. The van der Waals surface area contributed by atoms with Crippen molar-refractivity contribution in [2.45, 2.75) is 196 Å². The molecule has 1 heteroatoms. The molecule has 4 rings (SSSR count). The molecule has 0 bridgehead atoms. The lowest BCUT2D eigenvalue weighted by molar-refractivity contribution is -0.111. The molecule has 0 spiro atoms. The van der Waals surface area contributed by atoms with Gasteiger partial charge in [-0.2, -0.15) is 0 Å². The highest BCUT2D eigenvalue weighted by Gasteiger charge is 2.57. The molecule has 0 aromatic rings. The fourth-order valence-electron chi connectivity index (χ4n) is 11.1. The van der Waals surface area contributed by atoms with Crippen LogP contribution < -0.4 is 0 Å². The lowest BCUT2D eigenvalue weighted by Crippen LogP contribution is -2.54. The second-order valence-electron chi connectivity index (χ2n) is 18.5. The first-order valence-electron chi connectivity index (χ1n) is 19.7. The van der Waals surface area contributed by atoms with Crippen molar-refractivity contribution in [3.63, 3.8) is 0 Å². The summed E-state index contributed by atoms with van der Waals surface area (Å²) in [6, 6.07) is 0. The predicted octanol–water partition coefficient (Wildman–Crippen LogP) is 13.4. The maximum absolute atomic E-state index is 6.55. The van der Waals surface area contributed by atoms with Crippen LogP contribution in [0.5, 0.6) is 0 Å². The minimum Gasteiger partial charge on any atom is -0.378 e. The monoisotopic (exact) mass is 597 g/mol. The molecule has 8 atom stereocenters. The minimum atomic E-state index is 0.451. The highest BCUT2D eigenvalue weighted by Crippen LogP contribution is 2.66. The number of ether oxygens (including phenoxy) is 1. The van der Waals surface area contributed by atoms with Crippen LogP contribution in [0.25, 0.3) is 0 Å². The van der Waals surface area contributed by atoms with E-state index in [0.29, 0.717) is 22.3 Å². The Balaban J connectivity index is 1.21. The first-order valence-corrected chi connectivity index (χ1v) is 19.7. The molecule has 0 N–H and O–H groups in total. The molecule has 4 aliphatic rings. The van der Waals surface area contributed by atoms with Gasteiger partial charge in [0.25, 0.3) is 0 Å². The maximum atomic E-state index is 6.55. The van der Waals surface area contributed by atoms with Crippen molar-refractivity contribution in [3.8, 4) is 0 Å². The Morgan fingerprint density at radius 3 is 2.21 bits per heavy atom. The molecule has 7 unspecified atom stereocenters. The van der Waals surface area contributed by atoms with Crippen molar-refractivity contribution in [2.75, 3.05) is 6.61 Å². The normalized spacial score (nSPS) is 35.2. The molecule has 0 saturated heterocycles. The molecule has 0 radical (unpaired) electrons. The van der Waals surface area contributed by atoms with Gasteiger partial charge in [0.2, 0.25) is 0 Å². The first kappa shape index (κ1) is 35.6. The van der Waals surface area contributed by atoms with E-state index < -0.39 is 0 Å². The van der Waals surface area contributed by atoms with Gasteiger partial charge in [-0.3, -0.25) is 0 Å². The van der Waals surface area contributed by atoms with Gasteiger partial charge in [-0.05, 0) is 116 Å². The van der Waals surface area contributed by atoms with Gasteiger partial charge in [-0.15, -0.1) is 0 Å². The zero-order valence-electron chi connectivity index (χ0n) is 30.6. The van der Waals surface area contributed by atoms with Gasteiger partial charge in [-0.1, -0.05) is 138 Å². The molecular formula is C42H76O. The summed E-state index contributed by atoms with van der Waals surface area (Å²) in [5.74, 6) is 5.56. The summed E-state index contributed by atoms with van der Waals surface area (Å²) in [6.07, 6.45) is 32.8. The quantitative estimate of drug-likeness (QED) is 0.127. The molecule has 0 aromatic carbocycles. The van der Waals surface area contributed by atoms with Crippen LogP contribution in [0.3, 0.4) is 0 Å². The van der Waals surface area contributed by atoms with Gasteiger partial charge in [0.15, 0.2) is 0 Å². The third-order valence-electron chi connectivity index (χ3n) is 13.7. The van der Waals surface area contributed by atoms with E-state index >= 15 is 0 Å². The lowest BCUT2D eigenvalue weighted by Gasteiger charge is -2.62. The van der Waals surface area contributed by atoms with Crippen LogP contribution in [-0.4, -0.2) is 12.7 Å². The Bertz CT molecular complexity index is 847. The van der Waals surface area contributed by atoms with Gasteiger partial charge in [0.05, 0.1) is 6.10 Å². The Kier molecular flexibility index (Phi) is 13.2. The fourth-order valence-corrected chi connectivity index (χ4v) is 11.1. The van der Waals surface area contributed by atoms with Crippen molar-refractivity contribution in [2.24, 2.45) is 51.8 Å². The van der Waals surface area contributed by atoms with Crippen molar-refractivity contribution in [1.82, 2.24) is 0 Å². The summed E-state index contributed by atoms with van der Waals surface area (Å²) >= 11 is 0. The van der Waals surface area contributed by atoms with Crippen LogP contribution in [0.15, 0.2) is 11.6 Å². The SMILES string of the molecule is CC(C)CCCCC(C)C1CCCC2C3CC=C4C[C@@H](OCCCCCCCCCC(C)(C)C)CCC4(C)C3CCC12C. The van der Waals surface area contributed by atoms with E-state index in [2.05, 4.69) is 61.5 Å². The molecule has 4 aliphatic carbocycles. The number of hydrogen-bond acceptors (Lipinski definition) is 1. The van der Waals surface area contributed by atoms with Gasteiger partial charge in [0.1, 0.15) is 0 Å². The Morgan fingerprint density at radius 1 is 0.791 bits per heavy atom. The lowest BCUT2D eigenvalue weighted by atomic mass is 9.42. The molecule has 3 fully saturated rings. The van der Waals surface area contributed by atoms with E-state index in [-0.39, 0.29) is 0 Å². The van der Waals surface area contributed by atoms with Crippen molar-refractivity contribution < 1.29 is 4.74 Å². The summed E-state index contributed by atoms with van der Waals surface area (Å²) < 4.78 is 6.55. The van der Waals surface area contributed by atoms with E-state index in [0.717, 1.165) is 42.1 Å². The number of unbranched alkanes of at least 4 members (excludes halogenated alkanes) is 7. The molecule has 3 saturated carbocycles. The van der Waals surface area contributed by atoms with E-state index in [4.69, 9.17) is 4.74 Å². The van der Waals surface area contributed by atoms with Crippen LogP contribution in [0.2, 0.25) is 0 Å². The van der Waals surface area contributed by atoms with Crippen molar-refractivity contribution in [3.05, 3.63) is 11.6 Å². The molecular weight excluding hydrogens is 520 g/mol. The number of rotatable bonds is 16. The summed E-state index contributed by atoms with van der Waals surface area (Å²) in [7, 11) is 0. The maximum Gasteiger partial charge on any atom is 0.0612 e. The zero-order valence-corrected chi connectivity index (χ0v) is 30.6. The molecule has 0 aliphatic heterocycles. The second-order valence-corrected chi connectivity index (χ2v) is 18.5. The second kappa shape index (κ2) is 16.0.